The standard InChI is InChI=1S/C16H31N3O/c1-13(2)19-11-8-15(9-12-19)18(3)16(20)7-6-14-5-4-10-17-14/h13-15,17H,4-12H2,1-3H3. The minimum absolute atomic E-state index is 0.335. The zero-order chi connectivity index (χ0) is 14.5. The van der Waals surface area contributed by atoms with Crippen molar-refractivity contribution in [1.82, 2.24) is 15.1 Å². The minimum atomic E-state index is 0.335. The van der Waals surface area contributed by atoms with Crippen molar-refractivity contribution in [2.75, 3.05) is 26.7 Å². The number of hydrogen-bond donors (Lipinski definition) is 1. The maximum atomic E-state index is 12.3. The highest BCUT2D eigenvalue weighted by molar-refractivity contribution is 5.76. The van der Waals surface area contributed by atoms with Gasteiger partial charge in [-0.3, -0.25) is 4.79 Å². The molecular formula is C16H31N3O. The molecule has 2 aliphatic rings. The second-order valence-corrected chi connectivity index (χ2v) is 6.70. The van der Waals surface area contributed by atoms with Crippen LogP contribution in [0.1, 0.15) is 52.4 Å². The molecule has 0 aromatic rings. The predicted octanol–water partition coefficient (Wildman–Crippen LogP) is 1.85. The van der Waals surface area contributed by atoms with Gasteiger partial charge >= 0.3 is 0 Å². The van der Waals surface area contributed by atoms with E-state index in [0.717, 1.165) is 38.9 Å². The second kappa shape index (κ2) is 7.41. The molecule has 0 aromatic carbocycles. The molecule has 1 amide bonds. The number of amides is 1. The number of nitrogens with zero attached hydrogens (tertiary/aromatic N) is 2. The number of likely N-dealkylation sites (tertiary alicyclic amines) is 1. The fourth-order valence-electron chi connectivity index (χ4n) is 3.47. The highest BCUT2D eigenvalue weighted by atomic mass is 16.2. The molecule has 1 atom stereocenters. The summed E-state index contributed by atoms with van der Waals surface area (Å²) < 4.78 is 0. The first kappa shape index (κ1) is 15.8. The van der Waals surface area contributed by atoms with Gasteiger partial charge in [-0.2, -0.15) is 0 Å². The van der Waals surface area contributed by atoms with Crippen LogP contribution in [0.15, 0.2) is 0 Å². The Kier molecular flexibility index (Phi) is 5.85. The molecule has 2 fully saturated rings. The zero-order valence-electron chi connectivity index (χ0n) is 13.4. The van der Waals surface area contributed by atoms with Crippen LogP contribution in [0, 0.1) is 0 Å². The molecule has 4 heteroatoms. The van der Waals surface area contributed by atoms with Crippen molar-refractivity contribution in [3.63, 3.8) is 0 Å². The number of piperidine rings is 1. The molecule has 0 bridgehead atoms. The average Bonchev–Trinajstić information content (AvgIpc) is 2.97. The summed E-state index contributed by atoms with van der Waals surface area (Å²) in [7, 11) is 2.00. The first-order valence-electron chi connectivity index (χ1n) is 8.31. The van der Waals surface area contributed by atoms with Crippen molar-refractivity contribution in [2.24, 2.45) is 0 Å². The Morgan fingerprint density at radius 2 is 2.00 bits per heavy atom. The van der Waals surface area contributed by atoms with Crippen LogP contribution in [0.3, 0.4) is 0 Å². The lowest BCUT2D eigenvalue weighted by atomic mass is 10.0. The van der Waals surface area contributed by atoms with Gasteiger partial charge in [0.15, 0.2) is 0 Å². The fourth-order valence-corrected chi connectivity index (χ4v) is 3.47. The number of nitrogens with one attached hydrogen (secondary N) is 1. The molecule has 0 aliphatic carbocycles. The van der Waals surface area contributed by atoms with Crippen LogP contribution in [0.2, 0.25) is 0 Å². The molecular weight excluding hydrogens is 250 g/mol. The van der Waals surface area contributed by atoms with Crippen LogP contribution in [0.5, 0.6) is 0 Å². The average molecular weight is 281 g/mol. The number of carbonyl (C=O) groups excluding carboxylic acids is 1. The Morgan fingerprint density at radius 1 is 1.30 bits per heavy atom. The van der Waals surface area contributed by atoms with Crippen LogP contribution < -0.4 is 5.32 Å². The van der Waals surface area contributed by atoms with Crippen LogP contribution >= 0.6 is 0 Å². The molecule has 1 unspecified atom stereocenters. The van der Waals surface area contributed by atoms with E-state index in [-0.39, 0.29) is 0 Å². The molecule has 1 N–H and O–H groups in total. The van der Waals surface area contributed by atoms with Gasteiger partial charge in [0, 0.05) is 44.7 Å². The van der Waals surface area contributed by atoms with E-state index in [1.807, 2.05) is 11.9 Å². The highest BCUT2D eigenvalue weighted by Gasteiger charge is 2.26. The molecule has 2 rings (SSSR count). The van der Waals surface area contributed by atoms with Crippen molar-refractivity contribution in [3.05, 3.63) is 0 Å². The maximum Gasteiger partial charge on any atom is 0.222 e. The van der Waals surface area contributed by atoms with Gasteiger partial charge in [0.1, 0.15) is 0 Å². The van der Waals surface area contributed by atoms with Gasteiger partial charge in [0.25, 0.3) is 0 Å². The molecule has 0 radical (unpaired) electrons. The topological polar surface area (TPSA) is 35.6 Å². The van der Waals surface area contributed by atoms with Crippen molar-refractivity contribution in [3.8, 4) is 0 Å². The number of rotatable bonds is 5. The quantitative estimate of drug-likeness (QED) is 0.835. The molecule has 0 spiro atoms. The summed E-state index contributed by atoms with van der Waals surface area (Å²) in [5.41, 5.74) is 0. The maximum absolute atomic E-state index is 12.3. The lowest BCUT2D eigenvalue weighted by Crippen LogP contribution is -2.47. The fraction of sp³-hybridized carbons (Fsp3) is 0.938. The van der Waals surface area contributed by atoms with Crippen molar-refractivity contribution in [2.45, 2.75) is 70.5 Å². The van der Waals surface area contributed by atoms with E-state index in [9.17, 15) is 4.79 Å². The van der Waals surface area contributed by atoms with Crippen LogP contribution in [-0.2, 0) is 4.79 Å². The summed E-state index contributed by atoms with van der Waals surface area (Å²) >= 11 is 0. The molecule has 2 heterocycles. The Balaban J connectivity index is 1.70. The summed E-state index contributed by atoms with van der Waals surface area (Å²) in [6.07, 6.45) is 6.48. The predicted molar refractivity (Wildman–Crippen MR) is 82.8 cm³/mol. The van der Waals surface area contributed by atoms with Gasteiger partial charge in [-0.1, -0.05) is 0 Å². The number of hydrogen-bond acceptors (Lipinski definition) is 3. The van der Waals surface area contributed by atoms with Gasteiger partial charge in [-0.05, 0) is 52.5 Å². The molecule has 0 saturated carbocycles. The second-order valence-electron chi connectivity index (χ2n) is 6.70. The van der Waals surface area contributed by atoms with Crippen molar-refractivity contribution in [1.29, 1.82) is 0 Å². The smallest absolute Gasteiger partial charge is 0.222 e. The van der Waals surface area contributed by atoms with Gasteiger partial charge in [0.05, 0.1) is 0 Å². The van der Waals surface area contributed by atoms with E-state index < -0.39 is 0 Å². The minimum Gasteiger partial charge on any atom is -0.343 e. The lowest BCUT2D eigenvalue weighted by Gasteiger charge is -2.38. The third-order valence-corrected chi connectivity index (χ3v) is 5.04. The first-order chi connectivity index (χ1) is 9.58. The molecule has 116 valence electrons. The third kappa shape index (κ3) is 4.19. The van der Waals surface area contributed by atoms with E-state index in [0.29, 0.717) is 30.5 Å². The summed E-state index contributed by atoms with van der Waals surface area (Å²) in [4.78, 5) is 16.8. The largest absolute Gasteiger partial charge is 0.343 e. The lowest BCUT2D eigenvalue weighted by molar-refractivity contribution is -0.133. The molecule has 2 aliphatic heterocycles. The Hall–Kier alpha value is -0.610. The molecule has 4 nitrogen and oxygen atoms in total. The first-order valence-corrected chi connectivity index (χ1v) is 8.31. The van der Waals surface area contributed by atoms with Crippen LogP contribution in [0.4, 0.5) is 0 Å². The molecule has 2 saturated heterocycles. The van der Waals surface area contributed by atoms with E-state index in [2.05, 4.69) is 24.1 Å². The SMILES string of the molecule is CC(C)N1CCC(N(C)C(=O)CCC2CCCN2)CC1. The van der Waals surface area contributed by atoms with Crippen LogP contribution in [-0.4, -0.2) is 60.5 Å². The van der Waals surface area contributed by atoms with Gasteiger partial charge in [-0.25, -0.2) is 0 Å². The van der Waals surface area contributed by atoms with E-state index in [1.165, 1.54) is 12.8 Å². The third-order valence-electron chi connectivity index (χ3n) is 5.04. The summed E-state index contributed by atoms with van der Waals surface area (Å²) in [6.45, 7) is 7.89. The van der Waals surface area contributed by atoms with E-state index >= 15 is 0 Å². The van der Waals surface area contributed by atoms with Crippen molar-refractivity contribution < 1.29 is 4.79 Å². The molecule has 0 aromatic heterocycles. The Labute approximate surface area is 123 Å². The molecule has 20 heavy (non-hydrogen) atoms. The van der Waals surface area contributed by atoms with Gasteiger partial charge < -0.3 is 15.1 Å². The summed E-state index contributed by atoms with van der Waals surface area (Å²) in [5.74, 6) is 0.335. The monoisotopic (exact) mass is 281 g/mol. The normalized spacial score (nSPS) is 25.3. The van der Waals surface area contributed by atoms with Crippen LogP contribution in [0.25, 0.3) is 0 Å². The summed E-state index contributed by atoms with van der Waals surface area (Å²) in [5, 5.41) is 3.47. The van der Waals surface area contributed by atoms with Gasteiger partial charge in [-0.15, -0.1) is 0 Å². The highest BCUT2D eigenvalue weighted by Crippen LogP contribution is 2.19. The zero-order valence-corrected chi connectivity index (χ0v) is 13.4. The Morgan fingerprint density at radius 3 is 2.55 bits per heavy atom. The number of carbonyl (C=O) groups is 1. The van der Waals surface area contributed by atoms with Gasteiger partial charge in [0.2, 0.25) is 5.91 Å². The van der Waals surface area contributed by atoms with E-state index in [1.54, 1.807) is 0 Å². The van der Waals surface area contributed by atoms with E-state index in [4.69, 9.17) is 0 Å². The van der Waals surface area contributed by atoms with Crippen molar-refractivity contribution >= 4 is 5.91 Å². The Bertz CT molecular complexity index is 305. The summed E-state index contributed by atoms with van der Waals surface area (Å²) in [6, 6.07) is 1.66.